The van der Waals surface area contributed by atoms with Crippen LogP contribution in [0.1, 0.15) is 24.1 Å². The van der Waals surface area contributed by atoms with Crippen molar-refractivity contribution >= 4 is 12.2 Å². The van der Waals surface area contributed by atoms with Gasteiger partial charge in [0.05, 0.1) is 5.69 Å². The molecule has 0 radical (unpaired) electrons. The second-order valence-corrected chi connectivity index (χ2v) is 3.07. The molecular weight excluding hydrogens is 154 g/mol. The monoisotopic (exact) mass is 165 g/mol. The first-order valence-electron chi connectivity index (χ1n) is 4.14. The van der Waals surface area contributed by atoms with E-state index in [2.05, 4.69) is 5.10 Å². The Morgan fingerprint density at radius 3 is 2.92 bits per heavy atom. The van der Waals surface area contributed by atoms with Gasteiger partial charge in [-0.15, -0.1) is 5.10 Å². The lowest BCUT2D eigenvalue weighted by Gasteiger charge is -2.10. The standard InChI is InChI=1S/C8H11N3O/c9-8-6-3-1-2-4-7(6)11(5-12)10-8/h5H,1-4H2,(H2,9,10). The topological polar surface area (TPSA) is 60.9 Å². The zero-order valence-corrected chi connectivity index (χ0v) is 6.79. The van der Waals surface area contributed by atoms with Gasteiger partial charge in [-0.25, -0.2) is 4.68 Å². The van der Waals surface area contributed by atoms with Crippen LogP contribution in [-0.4, -0.2) is 16.2 Å². The number of nitrogens with zero attached hydrogens (tertiary/aromatic N) is 2. The predicted molar refractivity (Wildman–Crippen MR) is 45.4 cm³/mol. The molecule has 0 saturated heterocycles. The van der Waals surface area contributed by atoms with Gasteiger partial charge in [0.25, 0.3) is 0 Å². The summed E-state index contributed by atoms with van der Waals surface area (Å²) in [4.78, 5) is 10.5. The summed E-state index contributed by atoms with van der Waals surface area (Å²) in [5.74, 6) is 0.525. The Hall–Kier alpha value is -1.32. The van der Waals surface area contributed by atoms with Crippen molar-refractivity contribution in [1.82, 2.24) is 9.78 Å². The summed E-state index contributed by atoms with van der Waals surface area (Å²) in [7, 11) is 0. The molecule has 1 aromatic rings. The molecule has 2 rings (SSSR count). The SMILES string of the molecule is Nc1nn(C=O)c2c1CCCC2. The third kappa shape index (κ3) is 0.913. The van der Waals surface area contributed by atoms with Crippen LogP contribution < -0.4 is 5.73 Å². The fraction of sp³-hybridized carbons (Fsp3) is 0.500. The average molecular weight is 165 g/mol. The molecule has 1 aromatic heterocycles. The van der Waals surface area contributed by atoms with Crippen molar-refractivity contribution in [2.75, 3.05) is 5.73 Å². The summed E-state index contributed by atoms with van der Waals surface area (Å²) >= 11 is 0. The van der Waals surface area contributed by atoms with Crippen LogP contribution in [-0.2, 0) is 17.6 Å². The summed E-state index contributed by atoms with van der Waals surface area (Å²) < 4.78 is 1.36. The Labute approximate surface area is 70.4 Å². The van der Waals surface area contributed by atoms with E-state index < -0.39 is 0 Å². The second kappa shape index (κ2) is 2.62. The van der Waals surface area contributed by atoms with Crippen molar-refractivity contribution in [2.24, 2.45) is 0 Å². The van der Waals surface area contributed by atoms with E-state index in [0.717, 1.165) is 43.4 Å². The lowest BCUT2D eigenvalue weighted by atomic mass is 9.97. The van der Waals surface area contributed by atoms with Crippen molar-refractivity contribution in [3.63, 3.8) is 0 Å². The number of rotatable bonds is 1. The Balaban J connectivity index is 2.53. The Morgan fingerprint density at radius 1 is 1.42 bits per heavy atom. The first-order valence-corrected chi connectivity index (χ1v) is 4.14. The quantitative estimate of drug-likeness (QED) is 0.612. The van der Waals surface area contributed by atoms with Gasteiger partial charge in [-0.05, 0) is 25.7 Å². The first-order chi connectivity index (χ1) is 5.83. The van der Waals surface area contributed by atoms with E-state index in [1.807, 2.05) is 0 Å². The minimum absolute atomic E-state index is 0.525. The van der Waals surface area contributed by atoms with Gasteiger partial charge in [0.2, 0.25) is 6.41 Å². The van der Waals surface area contributed by atoms with Crippen molar-refractivity contribution in [2.45, 2.75) is 25.7 Å². The molecule has 0 spiro atoms. The summed E-state index contributed by atoms with van der Waals surface area (Å²) in [6.07, 6.45) is 4.90. The zero-order chi connectivity index (χ0) is 8.55. The number of carbonyl (C=O) groups excluding carboxylic acids is 1. The Kier molecular flexibility index (Phi) is 1.60. The van der Waals surface area contributed by atoms with Crippen molar-refractivity contribution in [3.8, 4) is 0 Å². The maximum atomic E-state index is 10.5. The number of hydrogen-bond acceptors (Lipinski definition) is 3. The minimum atomic E-state index is 0.525. The van der Waals surface area contributed by atoms with Crippen LogP contribution >= 0.6 is 0 Å². The van der Waals surface area contributed by atoms with Gasteiger partial charge >= 0.3 is 0 Å². The highest BCUT2D eigenvalue weighted by atomic mass is 16.1. The molecule has 4 heteroatoms. The molecule has 0 aromatic carbocycles. The molecule has 64 valence electrons. The van der Waals surface area contributed by atoms with Crippen LogP contribution in [0.5, 0.6) is 0 Å². The van der Waals surface area contributed by atoms with Crippen molar-refractivity contribution in [1.29, 1.82) is 0 Å². The van der Waals surface area contributed by atoms with Gasteiger partial charge in [-0.3, -0.25) is 4.79 Å². The maximum absolute atomic E-state index is 10.5. The van der Waals surface area contributed by atoms with E-state index in [-0.39, 0.29) is 0 Å². The Morgan fingerprint density at radius 2 is 2.17 bits per heavy atom. The fourth-order valence-corrected chi connectivity index (χ4v) is 1.74. The van der Waals surface area contributed by atoms with Gasteiger partial charge in [0.15, 0.2) is 0 Å². The molecule has 2 N–H and O–H groups in total. The van der Waals surface area contributed by atoms with E-state index in [1.54, 1.807) is 0 Å². The van der Waals surface area contributed by atoms with Crippen LogP contribution in [0.3, 0.4) is 0 Å². The van der Waals surface area contributed by atoms with E-state index >= 15 is 0 Å². The minimum Gasteiger partial charge on any atom is -0.382 e. The van der Waals surface area contributed by atoms with E-state index in [1.165, 1.54) is 4.68 Å². The van der Waals surface area contributed by atoms with Crippen LogP contribution in [0.25, 0.3) is 0 Å². The normalized spacial score (nSPS) is 15.7. The number of anilines is 1. The molecule has 1 aliphatic rings. The molecule has 12 heavy (non-hydrogen) atoms. The summed E-state index contributed by atoms with van der Waals surface area (Å²) in [6.45, 7) is 0. The predicted octanol–water partition coefficient (Wildman–Crippen LogP) is 0.382. The molecule has 1 heterocycles. The number of carbonyl (C=O) groups is 1. The number of nitrogen functional groups attached to an aromatic ring is 1. The summed E-state index contributed by atoms with van der Waals surface area (Å²) in [6, 6.07) is 0. The van der Waals surface area contributed by atoms with Crippen LogP contribution in [0.2, 0.25) is 0 Å². The molecule has 0 bridgehead atoms. The largest absolute Gasteiger partial charge is 0.382 e. The number of nitrogens with two attached hydrogens (primary N) is 1. The molecular formula is C8H11N3O. The molecule has 0 unspecified atom stereocenters. The van der Waals surface area contributed by atoms with E-state index in [4.69, 9.17) is 5.73 Å². The van der Waals surface area contributed by atoms with Crippen molar-refractivity contribution < 1.29 is 4.79 Å². The summed E-state index contributed by atoms with van der Waals surface area (Å²) in [5.41, 5.74) is 7.73. The van der Waals surface area contributed by atoms with Crippen molar-refractivity contribution in [3.05, 3.63) is 11.3 Å². The Bertz CT molecular complexity index is 316. The smallest absolute Gasteiger partial charge is 0.234 e. The van der Waals surface area contributed by atoms with Gasteiger partial charge in [-0.2, -0.15) is 0 Å². The third-order valence-electron chi connectivity index (χ3n) is 2.34. The highest BCUT2D eigenvalue weighted by Gasteiger charge is 2.18. The number of aromatic nitrogens is 2. The highest BCUT2D eigenvalue weighted by molar-refractivity contribution is 5.58. The van der Waals surface area contributed by atoms with E-state index in [0.29, 0.717) is 5.82 Å². The zero-order valence-electron chi connectivity index (χ0n) is 6.79. The molecule has 0 amide bonds. The third-order valence-corrected chi connectivity index (χ3v) is 2.34. The van der Waals surface area contributed by atoms with Crippen LogP contribution in [0.4, 0.5) is 5.82 Å². The molecule has 0 fully saturated rings. The van der Waals surface area contributed by atoms with Crippen LogP contribution in [0.15, 0.2) is 0 Å². The molecule has 1 aliphatic carbocycles. The highest BCUT2D eigenvalue weighted by Crippen LogP contribution is 2.24. The van der Waals surface area contributed by atoms with Gasteiger partial charge in [0.1, 0.15) is 5.82 Å². The lowest BCUT2D eigenvalue weighted by molar-refractivity contribution is 0.534. The first kappa shape index (κ1) is 7.34. The molecule has 4 nitrogen and oxygen atoms in total. The molecule has 0 saturated carbocycles. The average Bonchev–Trinajstić information content (AvgIpc) is 2.44. The summed E-state index contributed by atoms with van der Waals surface area (Å²) in [5, 5.41) is 3.94. The number of hydrogen-bond donors (Lipinski definition) is 1. The lowest BCUT2D eigenvalue weighted by Crippen LogP contribution is -2.08. The fourth-order valence-electron chi connectivity index (χ4n) is 1.74. The molecule has 0 aliphatic heterocycles. The van der Waals surface area contributed by atoms with E-state index in [9.17, 15) is 4.79 Å². The number of fused-ring (bicyclic) bond motifs is 1. The molecule has 0 atom stereocenters. The van der Waals surface area contributed by atoms with Gasteiger partial charge < -0.3 is 5.73 Å². The van der Waals surface area contributed by atoms with Gasteiger partial charge in [-0.1, -0.05) is 0 Å². The maximum Gasteiger partial charge on any atom is 0.234 e. The van der Waals surface area contributed by atoms with Gasteiger partial charge in [0, 0.05) is 5.56 Å². The second-order valence-electron chi connectivity index (χ2n) is 3.07. The van der Waals surface area contributed by atoms with Crippen LogP contribution in [0, 0.1) is 0 Å².